The Morgan fingerprint density at radius 1 is 1.07 bits per heavy atom. The van der Waals surface area contributed by atoms with Crippen LogP contribution < -0.4 is 0 Å². The average molecular weight is 391 g/mol. The summed E-state index contributed by atoms with van der Waals surface area (Å²) in [6.45, 7) is 6.72. The topological polar surface area (TPSA) is 56.1 Å². The molecule has 6 aliphatic rings. The highest BCUT2D eigenvalue weighted by atomic mass is 32.2. The second kappa shape index (κ2) is 5.46. The fourth-order valence-corrected chi connectivity index (χ4v) is 10.4. The fourth-order valence-electron chi connectivity index (χ4n) is 8.79. The Labute approximate surface area is 167 Å². The third kappa shape index (κ3) is 1.97. The second-order valence-electron chi connectivity index (χ2n) is 10.9. The predicted octanol–water partition coefficient (Wildman–Crippen LogP) is 3.48. The van der Waals surface area contributed by atoms with E-state index in [0.29, 0.717) is 22.5 Å². The van der Waals surface area contributed by atoms with Crippen LogP contribution >= 0.6 is 11.8 Å². The summed E-state index contributed by atoms with van der Waals surface area (Å²) in [6.07, 6.45) is 9.34. The van der Waals surface area contributed by atoms with Crippen LogP contribution in [-0.4, -0.2) is 50.4 Å². The number of hydrogen-bond acceptors (Lipinski definition) is 5. The van der Waals surface area contributed by atoms with Crippen LogP contribution in [0.15, 0.2) is 4.99 Å². The van der Waals surface area contributed by atoms with Gasteiger partial charge in [0.15, 0.2) is 10.9 Å². The molecule has 5 fully saturated rings. The molecule has 0 amide bonds. The van der Waals surface area contributed by atoms with Gasteiger partial charge in [0.2, 0.25) is 0 Å². The van der Waals surface area contributed by atoms with Crippen molar-refractivity contribution in [2.24, 2.45) is 39.5 Å². The summed E-state index contributed by atoms with van der Waals surface area (Å²) < 4.78 is 0. The minimum absolute atomic E-state index is 0.00478. The molecule has 27 heavy (non-hydrogen) atoms. The number of amidine groups is 1. The first kappa shape index (κ1) is 17.6. The molecule has 0 aromatic rings. The second-order valence-corrected chi connectivity index (χ2v) is 12.1. The number of fused-ring (bicyclic) bond motifs is 9. The molecular weight excluding hydrogens is 356 g/mol. The smallest absolute Gasteiger partial charge is 0.162 e. The summed E-state index contributed by atoms with van der Waals surface area (Å²) in [4.78, 5) is 6.95. The Balaban J connectivity index is 1.35. The molecule has 0 unspecified atom stereocenters. The molecule has 0 aromatic heterocycles. The maximum Gasteiger partial charge on any atom is 0.162 e. The zero-order chi connectivity index (χ0) is 18.6. The highest BCUT2D eigenvalue weighted by Gasteiger charge is 2.73. The van der Waals surface area contributed by atoms with Gasteiger partial charge in [-0.2, -0.15) is 0 Å². The Kier molecular flexibility index (Phi) is 3.55. The fraction of sp³-hybridized carbons (Fsp3) is 0.955. The van der Waals surface area contributed by atoms with Crippen molar-refractivity contribution >= 4 is 16.9 Å². The molecule has 4 aliphatic carbocycles. The zero-order valence-corrected chi connectivity index (χ0v) is 17.5. The molecule has 0 radical (unpaired) electrons. The van der Waals surface area contributed by atoms with Crippen molar-refractivity contribution in [1.29, 1.82) is 0 Å². The maximum absolute atomic E-state index is 12.1. The number of hydrogen-bond donors (Lipinski definition) is 2. The molecule has 4 saturated carbocycles. The van der Waals surface area contributed by atoms with Crippen molar-refractivity contribution in [3.05, 3.63) is 0 Å². The van der Waals surface area contributed by atoms with Crippen LogP contribution in [-0.2, 0) is 0 Å². The third-order valence-electron chi connectivity index (χ3n) is 10.2. The Morgan fingerprint density at radius 3 is 2.78 bits per heavy atom. The average Bonchev–Trinajstić information content (AvgIpc) is 3.26. The lowest BCUT2D eigenvalue weighted by molar-refractivity contribution is -0.191. The van der Waals surface area contributed by atoms with Gasteiger partial charge in [0, 0.05) is 12.0 Å². The van der Waals surface area contributed by atoms with Crippen molar-refractivity contribution in [3.63, 3.8) is 0 Å². The lowest BCUT2D eigenvalue weighted by atomic mass is 9.44. The number of aliphatic hydroxyl groups excluding tert-OH is 1. The predicted molar refractivity (Wildman–Crippen MR) is 108 cm³/mol. The molecule has 6 rings (SSSR count). The summed E-state index contributed by atoms with van der Waals surface area (Å²) in [7, 11) is 0. The largest absolute Gasteiger partial charge is 0.393 e. The van der Waals surface area contributed by atoms with Crippen molar-refractivity contribution in [2.75, 3.05) is 13.1 Å². The number of aliphatic imine (C=N–C) groups is 1. The minimum atomic E-state index is -0.677. The van der Waals surface area contributed by atoms with Crippen LogP contribution in [0.3, 0.4) is 0 Å². The van der Waals surface area contributed by atoms with Gasteiger partial charge in [-0.3, -0.25) is 4.99 Å². The van der Waals surface area contributed by atoms with Crippen LogP contribution in [0.2, 0.25) is 0 Å². The monoisotopic (exact) mass is 390 g/mol. The van der Waals surface area contributed by atoms with E-state index in [1.807, 2.05) is 11.8 Å². The molecular formula is C22H34N2O2S. The van der Waals surface area contributed by atoms with E-state index in [-0.39, 0.29) is 11.5 Å². The first-order valence-corrected chi connectivity index (χ1v) is 12.1. The van der Waals surface area contributed by atoms with Gasteiger partial charge in [0.25, 0.3) is 0 Å². The Hall–Kier alpha value is -0.260. The summed E-state index contributed by atoms with van der Waals surface area (Å²) in [5.74, 6) is 2.91. The summed E-state index contributed by atoms with van der Waals surface area (Å²) in [5.41, 5.74) is -0.259. The van der Waals surface area contributed by atoms with Crippen molar-refractivity contribution in [3.8, 4) is 0 Å². The molecule has 2 heterocycles. The SMILES string of the molecule is C[C@]12CC[C@H](O)C[C@@H]1CC[C@@H]1[C@H]2CC[C@@]2(C)[C@H]1C[C@H]1SC3=NCCN3[C@]12O. The van der Waals surface area contributed by atoms with E-state index in [2.05, 4.69) is 23.7 Å². The van der Waals surface area contributed by atoms with Crippen molar-refractivity contribution in [2.45, 2.75) is 82.3 Å². The molecule has 4 nitrogen and oxygen atoms in total. The van der Waals surface area contributed by atoms with Crippen molar-refractivity contribution in [1.82, 2.24) is 4.90 Å². The van der Waals surface area contributed by atoms with Gasteiger partial charge in [0.1, 0.15) is 0 Å². The lowest BCUT2D eigenvalue weighted by Gasteiger charge is -2.62. The molecule has 2 N–H and O–H groups in total. The summed E-state index contributed by atoms with van der Waals surface area (Å²) >= 11 is 1.87. The molecule has 9 atom stereocenters. The normalized spacial score (nSPS) is 58.8. The molecule has 0 aromatic carbocycles. The number of rotatable bonds is 0. The highest BCUT2D eigenvalue weighted by Crippen LogP contribution is 2.71. The number of nitrogens with zero attached hydrogens (tertiary/aromatic N) is 2. The van der Waals surface area contributed by atoms with Gasteiger partial charge in [0.05, 0.1) is 17.9 Å². The quantitative estimate of drug-likeness (QED) is 0.665. The lowest BCUT2D eigenvalue weighted by Crippen LogP contribution is -2.62. The van der Waals surface area contributed by atoms with E-state index in [9.17, 15) is 10.2 Å². The Morgan fingerprint density at radius 2 is 1.93 bits per heavy atom. The van der Waals surface area contributed by atoms with Crippen LogP contribution in [0.4, 0.5) is 0 Å². The molecule has 0 bridgehead atoms. The molecule has 0 spiro atoms. The van der Waals surface area contributed by atoms with Gasteiger partial charge in [-0.05, 0) is 80.5 Å². The van der Waals surface area contributed by atoms with E-state index in [1.165, 1.54) is 25.7 Å². The van der Waals surface area contributed by atoms with Crippen LogP contribution in [0.1, 0.15) is 65.2 Å². The van der Waals surface area contributed by atoms with Gasteiger partial charge in [-0.1, -0.05) is 25.6 Å². The molecule has 1 saturated heterocycles. The zero-order valence-electron chi connectivity index (χ0n) is 16.7. The van der Waals surface area contributed by atoms with Gasteiger partial charge >= 0.3 is 0 Å². The van der Waals surface area contributed by atoms with Crippen LogP contribution in [0.5, 0.6) is 0 Å². The highest BCUT2D eigenvalue weighted by molar-refractivity contribution is 8.14. The van der Waals surface area contributed by atoms with E-state index in [0.717, 1.165) is 55.8 Å². The van der Waals surface area contributed by atoms with Crippen molar-refractivity contribution < 1.29 is 10.2 Å². The molecule has 5 heteroatoms. The van der Waals surface area contributed by atoms with Gasteiger partial charge < -0.3 is 15.1 Å². The first-order valence-electron chi connectivity index (χ1n) is 11.3. The summed E-state index contributed by atoms with van der Waals surface area (Å²) in [5, 5.41) is 23.7. The van der Waals surface area contributed by atoms with Crippen LogP contribution in [0.25, 0.3) is 0 Å². The van der Waals surface area contributed by atoms with E-state index >= 15 is 0 Å². The minimum Gasteiger partial charge on any atom is -0.393 e. The number of aliphatic hydroxyl groups is 2. The number of thioether (sulfide) groups is 1. The van der Waals surface area contributed by atoms with Gasteiger partial charge in [-0.15, -0.1) is 0 Å². The van der Waals surface area contributed by atoms with E-state index < -0.39 is 5.72 Å². The third-order valence-corrected chi connectivity index (χ3v) is 11.6. The van der Waals surface area contributed by atoms with Crippen LogP contribution in [0, 0.1) is 34.5 Å². The van der Waals surface area contributed by atoms with E-state index in [1.54, 1.807) is 0 Å². The Bertz CT molecular complexity index is 700. The molecule has 150 valence electrons. The standard InChI is InChI=1S/C22H34N2O2S/c1-20-7-5-14(25)11-13(20)3-4-15-16(20)6-8-21(2)17(15)12-18-22(21,26)24-10-9-23-19(24)27-18/h13-18,25-26H,3-12H2,1-2H3/t13-,14-,15+,16+,17-,18+,20-,21-,22-/m0/s1. The van der Waals surface area contributed by atoms with Gasteiger partial charge in [-0.25, -0.2) is 0 Å². The summed E-state index contributed by atoms with van der Waals surface area (Å²) in [6, 6.07) is 0. The maximum atomic E-state index is 12.1. The first-order chi connectivity index (χ1) is 12.9. The molecule has 2 aliphatic heterocycles. The van der Waals surface area contributed by atoms with E-state index in [4.69, 9.17) is 0 Å².